The summed E-state index contributed by atoms with van der Waals surface area (Å²) in [5.74, 6) is 0.988. The van der Waals surface area contributed by atoms with Gasteiger partial charge >= 0.3 is 0 Å². The second kappa shape index (κ2) is 7.14. The molecular formula is C15H21N3O4S. The summed E-state index contributed by atoms with van der Waals surface area (Å²) in [5.41, 5.74) is 0.647. The lowest BCUT2D eigenvalue weighted by Gasteiger charge is -2.17. The van der Waals surface area contributed by atoms with Crippen LogP contribution in [-0.2, 0) is 4.74 Å². The van der Waals surface area contributed by atoms with Gasteiger partial charge in [-0.2, -0.15) is 0 Å². The van der Waals surface area contributed by atoms with Gasteiger partial charge in [0.05, 0.1) is 12.0 Å². The number of thioether (sulfide) groups is 1. The van der Waals surface area contributed by atoms with E-state index < -0.39 is 24.5 Å². The Hall–Kier alpha value is -1.19. The van der Waals surface area contributed by atoms with Crippen LogP contribution in [0.25, 0.3) is 11.0 Å². The Kier molecular flexibility index (Phi) is 5.17. The molecule has 23 heavy (non-hydrogen) atoms. The number of aliphatic hydroxyl groups excluding tert-OH is 3. The predicted octanol–water partition coefficient (Wildman–Crippen LogP) is 0.935. The molecule has 2 aromatic rings. The summed E-state index contributed by atoms with van der Waals surface area (Å²) in [5, 5.41) is 31.1. The molecule has 0 bridgehead atoms. The van der Waals surface area contributed by atoms with Gasteiger partial charge < -0.3 is 24.6 Å². The monoisotopic (exact) mass is 339 g/mol. The Labute approximate surface area is 138 Å². The molecule has 0 amide bonds. The molecule has 2 aromatic heterocycles. The second-order valence-corrected chi connectivity index (χ2v) is 6.65. The highest BCUT2D eigenvalue weighted by Crippen LogP contribution is 2.33. The van der Waals surface area contributed by atoms with Gasteiger partial charge in [-0.15, -0.1) is 11.8 Å². The first kappa shape index (κ1) is 16.7. The standard InChI is InChI=1S/C15H21N3O4S/c1-2-3-6-23-14-9-4-5-18(13(9)16-8-17-14)15-12(21)11(20)10(7-19)22-15/h4-5,8,10-12,15,19-21H,2-3,6-7H2,1H3/t10-,11-,12-,15-/m1/s1. The van der Waals surface area contributed by atoms with E-state index in [4.69, 9.17) is 4.74 Å². The topological polar surface area (TPSA) is 101 Å². The zero-order valence-electron chi connectivity index (χ0n) is 12.9. The quantitative estimate of drug-likeness (QED) is 0.409. The van der Waals surface area contributed by atoms with E-state index in [-0.39, 0.29) is 6.61 Å². The molecule has 126 valence electrons. The van der Waals surface area contributed by atoms with Crippen LogP contribution in [-0.4, -0.2) is 60.5 Å². The number of rotatable bonds is 6. The van der Waals surface area contributed by atoms with Crippen molar-refractivity contribution in [2.75, 3.05) is 12.4 Å². The van der Waals surface area contributed by atoms with Crippen molar-refractivity contribution in [2.45, 2.75) is 49.3 Å². The summed E-state index contributed by atoms with van der Waals surface area (Å²) in [7, 11) is 0. The Balaban J connectivity index is 1.90. The van der Waals surface area contributed by atoms with Crippen molar-refractivity contribution in [3.05, 3.63) is 18.6 Å². The highest BCUT2D eigenvalue weighted by atomic mass is 32.2. The second-order valence-electron chi connectivity index (χ2n) is 5.57. The number of aliphatic hydroxyl groups is 3. The fourth-order valence-electron chi connectivity index (χ4n) is 2.69. The normalized spacial score (nSPS) is 27.8. The average Bonchev–Trinajstić information content (AvgIpc) is 3.11. The van der Waals surface area contributed by atoms with E-state index >= 15 is 0 Å². The number of ether oxygens (including phenoxy) is 1. The fourth-order valence-corrected chi connectivity index (χ4v) is 3.75. The van der Waals surface area contributed by atoms with Gasteiger partial charge in [0.25, 0.3) is 0 Å². The minimum absolute atomic E-state index is 0.346. The van der Waals surface area contributed by atoms with Crippen LogP contribution in [0.5, 0.6) is 0 Å². The van der Waals surface area contributed by atoms with Gasteiger partial charge in [0.2, 0.25) is 0 Å². The van der Waals surface area contributed by atoms with Crippen LogP contribution in [0.1, 0.15) is 26.0 Å². The first-order valence-corrected chi connectivity index (χ1v) is 8.72. The van der Waals surface area contributed by atoms with E-state index in [1.807, 2.05) is 6.07 Å². The van der Waals surface area contributed by atoms with Crippen LogP contribution in [0.3, 0.4) is 0 Å². The summed E-state index contributed by atoms with van der Waals surface area (Å²) >= 11 is 1.68. The molecule has 1 aliphatic heterocycles. The SMILES string of the molecule is CCCCSc1ncnc2c1ccn2[C@@H]1O[C@H](CO)[C@@H](O)[C@H]1O. The lowest BCUT2D eigenvalue weighted by Crippen LogP contribution is -2.33. The van der Waals surface area contributed by atoms with Crippen molar-refractivity contribution in [3.63, 3.8) is 0 Å². The maximum Gasteiger partial charge on any atom is 0.164 e. The van der Waals surface area contributed by atoms with Gasteiger partial charge in [-0.25, -0.2) is 9.97 Å². The molecule has 0 saturated carbocycles. The number of hydrogen-bond acceptors (Lipinski definition) is 7. The first-order chi connectivity index (χ1) is 11.2. The van der Waals surface area contributed by atoms with E-state index in [2.05, 4.69) is 16.9 Å². The molecular weight excluding hydrogens is 318 g/mol. The largest absolute Gasteiger partial charge is 0.394 e. The minimum Gasteiger partial charge on any atom is -0.394 e. The van der Waals surface area contributed by atoms with Crippen molar-refractivity contribution < 1.29 is 20.1 Å². The highest BCUT2D eigenvalue weighted by molar-refractivity contribution is 7.99. The van der Waals surface area contributed by atoms with Crippen LogP contribution in [0, 0.1) is 0 Å². The fraction of sp³-hybridized carbons (Fsp3) is 0.600. The van der Waals surface area contributed by atoms with E-state index in [9.17, 15) is 15.3 Å². The molecule has 7 nitrogen and oxygen atoms in total. The molecule has 4 atom stereocenters. The zero-order chi connectivity index (χ0) is 16.4. The molecule has 3 heterocycles. The third-order valence-electron chi connectivity index (χ3n) is 4.00. The van der Waals surface area contributed by atoms with Crippen molar-refractivity contribution in [3.8, 4) is 0 Å². The lowest BCUT2D eigenvalue weighted by molar-refractivity contribution is -0.0508. The summed E-state index contributed by atoms with van der Waals surface area (Å²) < 4.78 is 7.26. The van der Waals surface area contributed by atoms with Crippen LogP contribution < -0.4 is 0 Å². The third-order valence-corrected chi connectivity index (χ3v) is 5.09. The van der Waals surface area contributed by atoms with Crippen LogP contribution in [0.2, 0.25) is 0 Å². The van der Waals surface area contributed by atoms with Crippen LogP contribution in [0.15, 0.2) is 23.6 Å². The molecule has 1 fully saturated rings. The summed E-state index contributed by atoms with van der Waals surface area (Å²) in [6, 6.07) is 1.89. The van der Waals surface area contributed by atoms with E-state index in [1.54, 1.807) is 22.5 Å². The van der Waals surface area contributed by atoms with Crippen molar-refractivity contribution in [1.82, 2.24) is 14.5 Å². The first-order valence-electron chi connectivity index (χ1n) is 7.74. The number of fused-ring (bicyclic) bond motifs is 1. The molecule has 0 aromatic carbocycles. The van der Waals surface area contributed by atoms with E-state index in [0.717, 1.165) is 29.0 Å². The van der Waals surface area contributed by atoms with Crippen molar-refractivity contribution in [1.29, 1.82) is 0 Å². The van der Waals surface area contributed by atoms with Gasteiger partial charge in [0.15, 0.2) is 6.23 Å². The highest BCUT2D eigenvalue weighted by Gasteiger charge is 2.43. The third kappa shape index (κ3) is 3.09. The van der Waals surface area contributed by atoms with Gasteiger partial charge in [0.1, 0.15) is 35.3 Å². The predicted molar refractivity (Wildman–Crippen MR) is 86.2 cm³/mol. The molecule has 0 aliphatic carbocycles. The molecule has 1 aliphatic rings. The molecule has 0 spiro atoms. The van der Waals surface area contributed by atoms with Crippen molar-refractivity contribution >= 4 is 22.8 Å². The molecule has 3 rings (SSSR count). The van der Waals surface area contributed by atoms with Gasteiger partial charge in [-0.05, 0) is 18.2 Å². The minimum atomic E-state index is -1.12. The zero-order valence-corrected chi connectivity index (χ0v) is 13.7. The lowest BCUT2D eigenvalue weighted by atomic mass is 10.1. The Morgan fingerprint density at radius 2 is 2.13 bits per heavy atom. The van der Waals surface area contributed by atoms with Gasteiger partial charge in [0, 0.05) is 6.20 Å². The Morgan fingerprint density at radius 3 is 2.83 bits per heavy atom. The molecule has 3 N–H and O–H groups in total. The van der Waals surface area contributed by atoms with Crippen LogP contribution in [0.4, 0.5) is 0 Å². The van der Waals surface area contributed by atoms with E-state index in [1.165, 1.54) is 6.33 Å². The average molecular weight is 339 g/mol. The Bertz CT molecular complexity index is 665. The summed E-state index contributed by atoms with van der Waals surface area (Å²) in [6.45, 7) is 1.80. The summed E-state index contributed by atoms with van der Waals surface area (Å²) in [6.07, 6.45) is 1.70. The molecule has 0 unspecified atom stereocenters. The molecule has 1 saturated heterocycles. The number of unbranched alkanes of at least 4 members (excludes halogenated alkanes) is 1. The maximum absolute atomic E-state index is 10.2. The maximum atomic E-state index is 10.2. The van der Waals surface area contributed by atoms with Crippen LogP contribution >= 0.6 is 11.8 Å². The van der Waals surface area contributed by atoms with Gasteiger partial charge in [-0.1, -0.05) is 13.3 Å². The number of nitrogens with zero attached hydrogens (tertiary/aromatic N) is 3. The number of hydrogen-bond donors (Lipinski definition) is 3. The summed E-state index contributed by atoms with van der Waals surface area (Å²) in [4.78, 5) is 8.62. The molecule has 8 heteroatoms. The van der Waals surface area contributed by atoms with Crippen molar-refractivity contribution in [2.24, 2.45) is 0 Å². The number of aromatic nitrogens is 3. The van der Waals surface area contributed by atoms with Gasteiger partial charge in [-0.3, -0.25) is 0 Å². The Morgan fingerprint density at radius 1 is 1.30 bits per heavy atom. The molecule has 0 radical (unpaired) electrons. The smallest absolute Gasteiger partial charge is 0.164 e. The van der Waals surface area contributed by atoms with E-state index in [0.29, 0.717) is 5.65 Å².